The van der Waals surface area contributed by atoms with E-state index in [-0.39, 0.29) is 49.0 Å². The number of benzene rings is 1. The van der Waals surface area contributed by atoms with Crippen LogP contribution in [0.5, 0.6) is 0 Å². The van der Waals surface area contributed by atoms with Crippen molar-refractivity contribution >= 4 is 24.2 Å². The van der Waals surface area contributed by atoms with Gasteiger partial charge in [0.05, 0.1) is 6.54 Å². The summed E-state index contributed by atoms with van der Waals surface area (Å²) in [5.74, 6) is -0.530. The standard InChI is InChI=1S/C15H20FN3O2.ClH/c1-11(17)7-14(20)19-6-5-18(15(21)10-19)9-12-3-2-4-13(16)8-12;/h2-4,8,11H,5-7,9-10,17H2,1H3;1H. The van der Waals surface area contributed by atoms with Gasteiger partial charge in [0.25, 0.3) is 0 Å². The van der Waals surface area contributed by atoms with E-state index in [1.165, 1.54) is 17.0 Å². The van der Waals surface area contributed by atoms with Gasteiger partial charge in [-0.3, -0.25) is 9.59 Å². The third kappa shape index (κ3) is 4.96. The fourth-order valence-corrected chi connectivity index (χ4v) is 2.35. The maximum atomic E-state index is 13.1. The van der Waals surface area contributed by atoms with Gasteiger partial charge in [-0.05, 0) is 24.6 Å². The fraction of sp³-hybridized carbons (Fsp3) is 0.467. The molecule has 1 atom stereocenters. The Morgan fingerprint density at radius 1 is 1.41 bits per heavy atom. The smallest absolute Gasteiger partial charge is 0.242 e. The highest BCUT2D eigenvalue weighted by molar-refractivity contribution is 5.86. The summed E-state index contributed by atoms with van der Waals surface area (Å²) >= 11 is 0. The number of amides is 2. The van der Waals surface area contributed by atoms with Crippen LogP contribution in [0.3, 0.4) is 0 Å². The van der Waals surface area contributed by atoms with Crippen LogP contribution in [0.4, 0.5) is 4.39 Å². The topological polar surface area (TPSA) is 66.6 Å². The predicted octanol–water partition coefficient (Wildman–Crippen LogP) is 1.16. The number of carbonyl (C=O) groups is 2. The quantitative estimate of drug-likeness (QED) is 0.901. The minimum absolute atomic E-state index is 0. The molecule has 1 fully saturated rings. The molecule has 1 heterocycles. The highest BCUT2D eigenvalue weighted by Gasteiger charge is 2.27. The summed E-state index contributed by atoms with van der Waals surface area (Å²) in [5, 5.41) is 0. The van der Waals surface area contributed by atoms with E-state index in [0.29, 0.717) is 19.6 Å². The van der Waals surface area contributed by atoms with Crippen LogP contribution < -0.4 is 5.73 Å². The number of nitrogens with two attached hydrogens (primary N) is 1. The zero-order chi connectivity index (χ0) is 15.4. The lowest BCUT2D eigenvalue weighted by molar-refractivity contribution is -0.145. The number of rotatable bonds is 4. The van der Waals surface area contributed by atoms with Crippen LogP contribution in [0.2, 0.25) is 0 Å². The van der Waals surface area contributed by atoms with E-state index in [9.17, 15) is 14.0 Å². The largest absolute Gasteiger partial charge is 0.335 e. The van der Waals surface area contributed by atoms with Gasteiger partial charge in [0.15, 0.2) is 0 Å². The van der Waals surface area contributed by atoms with Crippen LogP contribution >= 0.6 is 12.4 Å². The Hall–Kier alpha value is -1.66. The lowest BCUT2D eigenvalue weighted by atomic mass is 10.1. The van der Waals surface area contributed by atoms with Crippen molar-refractivity contribution in [3.63, 3.8) is 0 Å². The van der Waals surface area contributed by atoms with Crippen molar-refractivity contribution in [1.29, 1.82) is 0 Å². The number of nitrogens with zero attached hydrogens (tertiary/aromatic N) is 2. The third-order valence-electron chi connectivity index (χ3n) is 3.43. The molecule has 0 radical (unpaired) electrons. The van der Waals surface area contributed by atoms with Gasteiger partial charge in [0.2, 0.25) is 11.8 Å². The monoisotopic (exact) mass is 329 g/mol. The first-order valence-corrected chi connectivity index (χ1v) is 7.01. The molecule has 0 saturated carbocycles. The minimum atomic E-state index is -0.314. The summed E-state index contributed by atoms with van der Waals surface area (Å²) in [6, 6.07) is 5.98. The van der Waals surface area contributed by atoms with Crippen molar-refractivity contribution in [3.8, 4) is 0 Å². The molecule has 1 aromatic rings. The highest BCUT2D eigenvalue weighted by atomic mass is 35.5. The molecule has 1 aromatic carbocycles. The molecular weight excluding hydrogens is 309 g/mol. The molecule has 5 nitrogen and oxygen atoms in total. The van der Waals surface area contributed by atoms with Crippen LogP contribution in [0.1, 0.15) is 18.9 Å². The zero-order valence-electron chi connectivity index (χ0n) is 12.5. The maximum absolute atomic E-state index is 13.1. The summed E-state index contributed by atoms with van der Waals surface area (Å²) in [7, 11) is 0. The molecular formula is C15H21ClFN3O2. The molecule has 1 aliphatic rings. The molecule has 2 N–H and O–H groups in total. The summed E-state index contributed by atoms with van der Waals surface area (Å²) in [6.07, 6.45) is 0.247. The first kappa shape index (κ1) is 18.4. The lowest BCUT2D eigenvalue weighted by Crippen LogP contribution is -2.52. The number of piperazine rings is 1. The summed E-state index contributed by atoms with van der Waals surface area (Å²) in [5.41, 5.74) is 6.35. The molecule has 7 heteroatoms. The Balaban J connectivity index is 0.00000242. The summed E-state index contributed by atoms with van der Waals surface area (Å²) in [6.45, 7) is 3.15. The Morgan fingerprint density at radius 2 is 2.14 bits per heavy atom. The fourth-order valence-electron chi connectivity index (χ4n) is 2.35. The number of hydrogen-bond donors (Lipinski definition) is 1. The van der Waals surface area contributed by atoms with Crippen LogP contribution in [0.15, 0.2) is 24.3 Å². The SMILES string of the molecule is CC(N)CC(=O)N1CCN(Cc2cccc(F)c2)C(=O)C1.Cl. The van der Waals surface area contributed by atoms with E-state index < -0.39 is 0 Å². The predicted molar refractivity (Wildman–Crippen MR) is 83.9 cm³/mol. The van der Waals surface area contributed by atoms with Gasteiger partial charge in [-0.2, -0.15) is 0 Å². The van der Waals surface area contributed by atoms with E-state index in [1.807, 2.05) is 0 Å². The Labute approximate surface area is 135 Å². The van der Waals surface area contributed by atoms with Gasteiger partial charge in [-0.25, -0.2) is 4.39 Å². The first-order chi connectivity index (χ1) is 9.95. The normalized spacial score (nSPS) is 16.2. The second kappa shape index (κ2) is 8.10. The van der Waals surface area contributed by atoms with Crippen molar-refractivity contribution in [1.82, 2.24) is 9.80 Å². The molecule has 1 aliphatic heterocycles. The molecule has 1 saturated heterocycles. The van der Waals surface area contributed by atoms with Crippen LogP contribution in [0.25, 0.3) is 0 Å². The van der Waals surface area contributed by atoms with Gasteiger partial charge in [0.1, 0.15) is 5.82 Å². The van der Waals surface area contributed by atoms with Crippen LogP contribution in [-0.4, -0.2) is 47.3 Å². The molecule has 1 unspecified atom stereocenters. The molecule has 0 spiro atoms. The molecule has 122 valence electrons. The van der Waals surface area contributed by atoms with Gasteiger partial charge in [-0.1, -0.05) is 12.1 Å². The van der Waals surface area contributed by atoms with E-state index >= 15 is 0 Å². The summed E-state index contributed by atoms with van der Waals surface area (Å²) in [4.78, 5) is 27.2. The number of hydrogen-bond acceptors (Lipinski definition) is 3. The van der Waals surface area contributed by atoms with E-state index in [4.69, 9.17) is 5.73 Å². The Bertz CT molecular complexity index is 539. The average Bonchev–Trinajstić information content (AvgIpc) is 2.40. The number of carbonyl (C=O) groups excluding carboxylic acids is 2. The van der Waals surface area contributed by atoms with Crippen molar-refractivity contribution in [2.75, 3.05) is 19.6 Å². The number of halogens is 2. The van der Waals surface area contributed by atoms with Gasteiger partial charge in [-0.15, -0.1) is 12.4 Å². The van der Waals surface area contributed by atoms with Gasteiger partial charge < -0.3 is 15.5 Å². The molecule has 0 bridgehead atoms. The average molecular weight is 330 g/mol. The molecule has 0 aromatic heterocycles. The van der Waals surface area contributed by atoms with Crippen molar-refractivity contribution in [2.45, 2.75) is 25.9 Å². The molecule has 2 rings (SSSR count). The van der Waals surface area contributed by atoms with Crippen molar-refractivity contribution in [3.05, 3.63) is 35.6 Å². The molecule has 0 aliphatic carbocycles. The Morgan fingerprint density at radius 3 is 2.73 bits per heavy atom. The van der Waals surface area contributed by atoms with Crippen molar-refractivity contribution < 1.29 is 14.0 Å². The third-order valence-corrected chi connectivity index (χ3v) is 3.43. The Kier molecular flexibility index (Phi) is 6.77. The first-order valence-electron chi connectivity index (χ1n) is 7.01. The minimum Gasteiger partial charge on any atom is -0.335 e. The zero-order valence-corrected chi connectivity index (χ0v) is 13.3. The van der Waals surface area contributed by atoms with Crippen LogP contribution in [-0.2, 0) is 16.1 Å². The second-order valence-electron chi connectivity index (χ2n) is 5.44. The van der Waals surface area contributed by atoms with Crippen molar-refractivity contribution in [2.24, 2.45) is 5.73 Å². The summed E-state index contributed by atoms with van der Waals surface area (Å²) < 4.78 is 13.1. The highest BCUT2D eigenvalue weighted by Crippen LogP contribution is 2.12. The maximum Gasteiger partial charge on any atom is 0.242 e. The van der Waals surface area contributed by atoms with E-state index in [2.05, 4.69) is 0 Å². The second-order valence-corrected chi connectivity index (χ2v) is 5.44. The van der Waals surface area contributed by atoms with Gasteiger partial charge >= 0.3 is 0 Å². The van der Waals surface area contributed by atoms with E-state index in [0.717, 1.165) is 5.56 Å². The molecule has 22 heavy (non-hydrogen) atoms. The lowest BCUT2D eigenvalue weighted by Gasteiger charge is -2.34. The van der Waals surface area contributed by atoms with Crippen LogP contribution in [0, 0.1) is 5.82 Å². The van der Waals surface area contributed by atoms with E-state index in [1.54, 1.807) is 24.0 Å². The van der Waals surface area contributed by atoms with Gasteiger partial charge in [0, 0.05) is 32.1 Å². The molecule has 2 amide bonds.